The molecule has 6 heteroatoms. The van der Waals surface area contributed by atoms with Crippen molar-refractivity contribution < 1.29 is 9.59 Å². The summed E-state index contributed by atoms with van der Waals surface area (Å²) in [7, 11) is 1.68. The number of carbonyl (C=O) groups excluding carboxylic acids is 2. The van der Waals surface area contributed by atoms with Gasteiger partial charge in [-0.15, -0.1) is 23.1 Å². The molecule has 0 bridgehead atoms. The molecule has 0 fully saturated rings. The van der Waals surface area contributed by atoms with Crippen molar-refractivity contribution in [1.29, 1.82) is 0 Å². The number of hydrogen-bond donors (Lipinski definition) is 1. The number of nitrogens with one attached hydrogen (secondary N) is 1. The number of anilines is 1. The highest BCUT2D eigenvalue weighted by atomic mass is 32.2. The van der Waals surface area contributed by atoms with Crippen molar-refractivity contribution >= 4 is 40.6 Å². The summed E-state index contributed by atoms with van der Waals surface area (Å²) in [4.78, 5) is 29.6. The molecule has 1 N–H and O–H groups in total. The van der Waals surface area contributed by atoms with Gasteiger partial charge in [0, 0.05) is 16.8 Å². The van der Waals surface area contributed by atoms with Gasteiger partial charge >= 0.3 is 0 Å². The summed E-state index contributed by atoms with van der Waals surface area (Å²) in [5, 5.41) is 2.90. The molecule has 0 saturated carbocycles. The zero-order chi connectivity index (χ0) is 18.7. The van der Waals surface area contributed by atoms with E-state index in [0.29, 0.717) is 5.92 Å². The molecule has 0 aliphatic heterocycles. The number of carbonyl (C=O) groups is 2. The molecule has 26 heavy (non-hydrogen) atoms. The predicted molar refractivity (Wildman–Crippen MR) is 109 cm³/mol. The quantitative estimate of drug-likeness (QED) is 0.777. The third-order valence-electron chi connectivity index (χ3n) is 4.65. The van der Waals surface area contributed by atoms with Crippen molar-refractivity contribution in [3.8, 4) is 0 Å². The number of rotatable bonds is 5. The Labute approximate surface area is 163 Å². The highest BCUT2D eigenvalue weighted by Crippen LogP contribution is 2.32. The minimum absolute atomic E-state index is 0.0422. The smallest absolute Gasteiger partial charge is 0.264 e. The molecule has 1 heterocycles. The molecule has 0 saturated heterocycles. The van der Waals surface area contributed by atoms with Gasteiger partial charge in [0.25, 0.3) is 5.91 Å². The molecule has 2 aromatic rings. The van der Waals surface area contributed by atoms with Gasteiger partial charge in [0.2, 0.25) is 5.91 Å². The van der Waals surface area contributed by atoms with Gasteiger partial charge in [0.15, 0.2) is 0 Å². The first-order chi connectivity index (χ1) is 12.5. The Morgan fingerprint density at radius 2 is 2.12 bits per heavy atom. The standard InChI is InChI=1S/C20H24N2O2S2/c1-13-8-9-16-14(10-13)11-18(26-16)20(24)22(2)12-19(23)21-15-6-4-5-7-17(15)25-3/h4-7,11,13H,8-10,12H2,1-3H3,(H,21,23)/t13-/m0/s1. The minimum Gasteiger partial charge on any atom is -0.332 e. The van der Waals surface area contributed by atoms with Gasteiger partial charge in [-0.1, -0.05) is 19.1 Å². The second kappa shape index (κ2) is 8.27. The second-order valence-electron chi connectivity index (χ2n) is 6.82. The second-order valence-corrected chi connectivity index (χ2v) is 8.80. The van der Waals surface area contributed by atoms with Crippen LogP contribution in [0, 0.1) is 5.92 Å². The first-order valence-electron chi connectivity index (χ1n) is 8.78. The average Bonchev–Trinajstić information content (AvgIpc) is 3.04. The lowest BCUT2D eigenvalue weighted by atomic mass is 9.90. The van der Waals surface area contributed by atoms with Crippen molar-refractivity contribution in [1.82, 2.24) is 4.90 Å². The number of benzene rings is 1. The fourth-order valence-electron chi connectivity index (χ4n) is 3.22. The third kappa shape index (κ3) is 4.30. The molecule has 3 rings (SSSR count). The Hall–Kier alpha value is -1.79. The maximum atomic E-state index is 12.7. The van der Waals surface area contributed by atoms with Crippen LogP contribution in [0.5, 0.6) is 0 Å². The molecule has 1 aromatic carbocycles. The van der Waals surface area contributed by atoms with E-state index in [-0.39, 0.29) is 18.4 Å². The number of amides is 2. The van der Waals surface area contributed by atoms with Crippen molar-refractivity contribution in [3.63, 3.8) is 0 Å². The van der Waals surface area contributed by atoms with Crippen LogP contribution in [0.15, 0.2) is 35.2 Å². The maximum absolute atomic E-state index is 12.7. The number of hydrogen-bond acceptors (Lipinski definition) is 4. The number of nitrogens with zero attached hydrogens (tertiary/aromatic N) is 1. The lowest BCUT2D eigenvalue weighted by Gasteiger charge is -2.16. The summed E-state index contributed by atoms with van der Waals surface area (Å²) in [6.45, 7) is 2.30. The lowest BCUT2D eigenvalue weighted by Crippen LogP contribution is -2.34. The van der Waals surface area contributed by atoms with E-state index in [1.165, 1.54) is 21.8 Å². The number of fused-ring (bicyclic) bond motifs is 1. The van der Waals surface area contributed by atoms with Gasteiger partial charge in [0.05, 0.1) is 17.1 Å². The molecular weight excluding hydrogens is 364 g/mol. The van der Waals surface area contributed by atoms with Crippen molar-refractivity contribution in [2.45, 2.75) is 31.1 Å². The Morgan fingerprint density at radius 1 is 1.35 bits per heavy atom. The van der Waals surface area contributed by atoms with Gasteiger partial charge in [-0.2, -0.15) is 0 Å². The van der Waals surface area contributed by atoms with Crippen LogP contribution in [0.4, 0.5) is 5.69 Å². The third-order valence-corrected chi connectivity index (χ3v) is 6.67. The largest absolute Gasteiger partial charge is 0.332 e. The summed E-state index contributed by atoms with van der Waals surface area (Å²) in [6.07, 6.45) is 5.27. The van der Waals surface area contributed by atoms with E-state index in [0.717, 1.165) is 28.3 Å². The van der Waals surface area contributed by atoms with E-state index >= 15 is 0 Å². The first-order valence-corrected chi connectivity index (χ1v) is 10.8. The molecular formula is C20H24N2O2S2. The van der Waals surface area contributed by atoms with Crippen molar-refractivity contribution in [2.75, 3.05) is 25.2 Å². The molecule has 1 aliphatic rings. The first kappa shape index (κ1) is 19.0. The van der Waals surface area contributed by atoms with Gasteiger partial charge < -0.3 is 10.2 Å². The average molecular weight is 389 g/mol. The number of thiophene rings is 1. The van der Waals surface area contributed by atoms with Crippen LogP contribution in [0.1, 0.15) is 33.5 Å². The normalized spacial score (nSPS) is 16.0. The number of aryl methyl sites for hydroxylation is 1. The lowest BCUT2D eigenvalue weighted by molar-refractivity contribution is -0.116. The molecule has 0 radical (unpaired) electrons. The van der Waals surface area contributed by atoms with E-state index in [1.54, 1.807) is 30.1 Å². The summed E-state index contributed by atoms with van der Waals surface area (Å²) >= 11 is 3.17. The summed E-state index contributed by atoms with van der Waals surface area (Å²) < 4.78 is 0. The summed E-state index contributed by atoms with van der Waals surface area (Å²) in [5.74, 6) is 0.419. The SMILES string of the molecule is CSc1ccccc1NC(=O)CN(C)C(=O)c1cc2c(s1)CC[C@H](C)C2. The predicted octanol–water partition coefficient (Wildman–Crippen LogP) is 4.31. The monoisotopic (exact) mass is 388 g/mol. The number of likely N-dealkylation sites (N-methyl/N-ethyl adjacent to an activating group) is 1. The Balaban J connectivity index is 1.63. The van der Waals surface area contributed by atoms with Crippen LogP contribution < -0.4 is 5.32 Å². The van der Waals surface area contributed by atoms with Crippen LogP contribution in [0.25, 0.3) is 0 Å². The number of para-hydroxylation sites is 1. The van der Waals surface area contributed by atoms with Crippen LogP contribution in [-0.2, 0) is 17.6 Å². The zero-order valence-corrected chi connectivity index (χ0v) is 17.0. The van der Waals surface area contributed by atoms with E-state index in [1.807, 2.05) is 36.6 Å². The molecule has 4 nitrogen and oxygen atoms in total. The molecule has 1 atom stereocenters. The van der Waals surface area contributed by atoms with Crippen LogP contribution in [0.2, 0.25) is 0 Å². The summed E-state index contributed by atoms with van der Waals surface area (Å²) in [5.41, 5.74) is 2.09. The van der Waals surface area contributed by atoms with E-state index < -0.39 is 0 Å². The van der Waals surface area contributed by atoms with Crippen molar-refractivity contribution in [2.24, 2.45) is 5.92 Å². The Bertz CT molecular complexity index is 816. The Morgan fingerprint density at radius 3 is 2.88 bits per heavy atom. The maximum Gasteiger partial charge on any atom is 0.264 e. The van der Waals surface area contributed by atoms with E-state index in [4.69, 9.17) is 0 Å². The topological polar surface area (TPSA) is 49.4 Å². The van der Waals surface area contributed by atoms with E-state index in [2.05, 4.69) is 12.2 Å². The van der Waals surface area contributed by atoms with Gasteiger partial charge in [0.1, 0.15) is 0 Å². The summed E-state index contributed by atoms with van der Waals surface area (Å²) in [6, 6.07) is 9.69. The molecule has 0 spiro atoms. The molecule has 2 amide bonds. The van der Waals surface area contributed by atoms with Gasteiger partial charge in [-0.05, 0) is 55.2 Å². The zero-order valence-electron chi connectivity index (χ0n) is 15.4. The molecule has 0 unspecified atom stereocenters. The fraction of sp³-hybridized carbons (Fsp3) is 0.400. The van der Waals surface area contributed by atoms with Crippen LogP contribution in [-0.4, -0.2) is 36.6 Å². The molecule has 1 aromatic heterocycles. The van der Waals surface area contributed by atoms with E-state index in [9.17, 15) is 9.59 Å². The fourth-order valence-corrected chi connectivity index (χ4v) is 4.98. The van der Waals surface area contributed by atoms with Crippen LogP contribution in [0.3, 0.4) is 0 Å². The van der Waals surface area contributed by atoms with Gasteiger partial charge in [-0.25, -0.2) is 0 Å². The highest BCUT2D eigenvalue weighted by molar-refractivity contribution is 7.98. The van der Waals surface area contributed by atoms with Crippen LogP contribution >= 0.6 is 23.1 Å². The van der Waals surface area contributed by atoms with Gasteiger partial charge in [-0.3, -0.25) is 9.59 Å². The van der Waals surface area contributed by atoms with Crippen molar-refractivity contribution in [3.05, 3.63) is 45.6 Å². The molecule has 138 valence electrons. The molecule has 1 aliphatic carbocycles. The minimum atomic E-state index is -0.183. The number of thioether (sulfide) groups is 1. The Kier molecular flexibility index (Phi) is 6.04. The highest BCUT2D eigenvalue weighted by Gasteiger charge is 2.23.